The van der Waals surface area contributed by atoms with Crippen LogP contribution in [-0.2, 0) is 11.2 Å². The van der Waals surface area contributed by atoms with Crippen LogP contribution in [0.25, 0.3) is 0 Å². The Kier molecular flexibility index (Phi) is 5.81. The van der Waals surface area contributed by atoms with E-state index in [-0.39, 0.29) is 17.2 Å². The van der Waals surface area contributed by atoms with Crippen molar-refractivity contribution < 1.29 is 9.53 Å². The van der Waals surface area contributed by atoms with Crippen LogP contribution in [0.15, 0.2) is 34.2 Å². The zero-order chi connectivity index (χ0) is 16.8. The van der Waals surface area contributed by atoms with E-state index >= 15 is 0 Å². The summed E-state index contributed by atoms with van der Waals surface area (Å²) in [5.74, 6) is 0.653. The van der Waals surface area contributed by atoms with Gasteiger partial charge in [-0.05, 0) is 25.5 Å². The van der Waals surface area contributed by atoms with E-state index in [1.165, 1.54) is 11.8 Å². The van der Waals surface area contributed by atoms with Crippen molar-refractivity contribution >= 4 is 23.4 Å². The average molecular weight is 333 g/mol. The topological polar surface area (TPSA) is 84.1 Å². The van der Waals surface area contributed by atoms with Crippen LogP contribution < -0.4 is 15.6 Å². The van der Waals surface area contributed by atoms with Gasteiger partial charge in [-0.15, -0.1) is 0 Å². The number of carbonyl (C=O) groups excluding carboxylic acids is 1. The van der Waals surface area contributed by atoms with E-state index in [1.54, 1.807) is 38.3 Å². The van der Waals surface area contributed by atoms with Crippen molar-refractivity contribution in [1.29, 1.82) is 0 Å². The van der Waals surface area contributed by atoms with E-state index in [1.807, 2.05) is 6.92 Å². The van der Waals surface area contributed by atoms with Gasteiger partial charge in [-0.1, -0.05) is 24.8 Å². The quantitative estimate of drug-likeness (QED) is 0.626. The molecule has 2 rings (SSSR count). The number of hydrogen-bond acceptors (Lipinski definition) is 5. The number of nitrogens with one attached hydrogen (secondary N) is 2. The number of hydrogen-bond donors (Lipinski definition) is 2. The van der Waals surface area contributed by atoms with Crippen LogP contribution in [0.3, 0.4) is 0 Å². The highest BCUT2D eigenvalue weighted by molar-refractivity contribution is 7.99. The van der Waals surface area contributed by atoms with Crippen LogP contribution in [0.4, 0.5) is 5.69 Å². The smallest absolute Gasteiger partial charge is 0.254 e. The zero-order valence-corrected chi connectivity index (χ0v) is 14.1. The zero-order valence-electron chi connectivity index (χ0n) is 13.3. The van der Waals surface area contributed by atoms with Crippen LogP contribution in [0.2, 0.25) is 0 Å². The molecule has 7 heteroatoms. The van der Waals surface area contributed by atoms with Gasteiger partial charge in [0.15, 0.2) is 5.16 Å². The number of ether oxygens (including phenoxy) is 1. The standard InChI is InChI=1S/C16H19N3O3S/c1-4-13-10(2)17-16(19-15(13)21)23-9-14(20)18-11-6-5-7-12(8-11)22-3/h5-8H,4,9H2,1-3H3,(H,18,20)(H,17,19,21). The van der Waals surface area contributed by atoms with Crippen LogP contribution >= 0.6 is 11.8 Å². The number of H-pyrrole nitrogens is 1. The Morgan fingerprint density at radius 3 is 2.87 bits per heavy atom. The van der Waals surface area contributed by atoms with Gasteiger partial charge in [0.1, 0.15) is 5.75 Å². The Morgan fingerprint density at radius 2 is 2.22 bits per heavy atom. The Labute approximate surface area is 138 Å². The first-order valence-electron chi connectivity index (χ1n) is 7.20. The molecule has 0 saturated carbocycles. The molecule has 0 unspecified atom stereocenters. The Balaban J connectivity index is 1.98. The number of carbonyl (C=O) groups is 1. The lowest BCUT2D eigenvalue weighted by molar-refractivity contribution is -0.113. The van der Waals surface area contributed by atoms with Crippen molar-refractivity contribution in [2.75, 3.05) is 18.2 Å². The lowest BCUT2D eigenvalue weighted by atomic mass is 10.2. The van der Waals surface area contributed by atoms with E-state index in [9.17, 15) is 9.59 Å². The molecule has 6 nitrogen and oxygen atoms in total. The van der Waals surface area contributed by atoms with E-state index < -0.39 is 0 Å². The molecule has 0 fully saturated rings. The van der Waals surface area contributed by atoms with Gasteiger partial charge >= 0.3 is 0 Å². The second-order valence-electron chi connectivity index (χ2n) is 4.86. The summed E-state index contributed by atoms with van der Waals surface area (Å²) < 4.78 is 5.11. The van der Waals surface area contributed by atoms with Crippen LogP contribution in [-0.4, -0.2) is 28.7 Å². The number of aromatic amines is 1. The highest BCUT2D eigenvalue weighted by Crippen LogP contribution is 2.18. The predicted molar refractivity (Wildman–Crippen MR) is 91.3 cm³/mol. The van der Waals surface area contributed by atoms with Gasteiger partial charge in [-0.3, -0.25) is 9.59 Å². The minimum absolute atomic E-state index is 0.143. The van der Waals surface area contributed by atoms with Crippen molar-refractivity contribution in [3.8, 4) is 5.75 Å². The Morgan fingerprint density at radius 1 is 1.43 bits per heavy atom. The van der Waals surface area contributed by atoms with E-state index in [0.717, 1.165) is 0 Å². The highest BCUT2D eigenvalue weighted by Gasteiger charge is 2.09. The van der Waals surface area contributed by atoms with Crippen LogP contribution in [0, 0.1) is 6.92 Å². The van der Waals surface area contributed by atoms with Gasteiger partial charge < -0.3 is 15.0 Å². The number of aromatic nitrogens is 2. The van der Waals surface area contributed by atoms with Gasteiger partial charge in [-0.25, -0.2) is 4.98 Å². The molecule has 1 aromatic carbocycles. The van der Waals surface area contributed by atoms with Gasteiger partial charge in [0, 0.05) is 23.0 Å². The predicted octanol–water partition coefficient (Wildman–Crippen LogP) is 2.38. The first kappa shape index (κ1) is 17.1. The summed E-state index contributed by atoms with van der Waals surface area (Å²) in [5.41, 5.74) is 1.90. The number of thioether (sulfide) groups is 1. The number of methoxy groups -OCH3 is 1. The fraction of sp³-hybridized carbons (Fsp3) is 0.312. The molecular weight excluding hydrogens is 314 g/mol. The van der Waals surface area contributed by atoms with Crippen molar-refractivity contribution in [3.05, 3.63) is 45.9 Å². The lowest BCUT2D eigenvalue weighted by Crippen LogP contribution is -2.18. The molecule has 1 amide bonds. The summed E-state index contributed by atoms with van der Waals surface area (Å²) in [6, 6.07) is 7.12. The molecule has 0 aliphatic rings. The highest BCUT2D eigenvalue weighted by atomic mass is 32.2. The van der Waals surface area contributed by atoms with Crippen molar-refractivity contribution in [3.63, 3.8) is 0 Å². The second-order valence-corrected chi connectivity index (χ2v) is 5.82. The van der Waals surface area contributed by atoms with Crippen molar-refractivity contribution in [1.82, 2.24) is 9.97 Å². The van der Waals surface area contributed by atoms with E-state index in [0.29, 0.717) is 34.3 Å². The Bertz CT molecular complexity index is 758. The minimum Gasteiger partial charge on any atom is -0.497 e. The van der Waals surface area contributed by atoms with Gasteiger partial charge in [-0.2, -0.15) is 0 Å². The third-order valence-electron chi connectivity index (χ3n) is 3.25. The summed E-state index contributed by atoms with van der Waals surface area (Å²) >= 11 is 1.20. The molecule has 0 spiro atoms. The average Bonchev–Trinajstić information content (AvgIpc) is 2.53. The number of aryl methyl sites for hydroxylation is 1. The van der Waals surface area contributed by atoms with Gasteiger partial charge in [0.25, 0.3) is 5.56 Å². The molecular formula is C16H19N3O3S. The molecule has 1 heterocycles. The number of rotatable bonds is 6. The summed E-state index contributed by atoms with van der Waals surface area (Å²) in [7, 11) is 1.57. The summed E-state index contributed by atoms with van der Waals surface area (Å²) in [6.45, 7) is 3.71. The number of nitrogens with zero attached hydrogens (tertiary/aromatic N) is 1. The molecule has 23 heavy (non-hydrogen) atoms. The molecule has 0 radical (unpaired) electrons. The summed E-state index contributed by atoms with van der Waals surface area (Å²) in [5, 5.41) is 3.23. The molecule has 2 N–H and O–H groups in total. The molecule has 0 aliphatic heterocycles. The Hall–Kier alpha value is -2.28. The fourth-order valence-corrected chi connectivity index (χ4v) is 2.81. The first-order chi connectivity index (χ1) is 11.0. The normalized spacial score (nSPS) is 10.4. The van der Waals surface area contributed by atoms with Gasteiger partial charge in [0.05, 0.1) is 12.9 Å². The van der Waals surface area contributed by atoms with Crippen molar-refractivity contribution in [2.45, 2.75) is 25.4 Å². The molecule has 0 saturated heterocycles. The maximum atomic E-state index is 12.0. The monoisotopic (exact) mass is 333 g/mol. The second kappa shape index (κ2) is 7.82. The van der Waals surface area contributed by atoms with E-state index in [2.05, 4.69) is 15.3 Å². The lowest BCUT2D eigenvalue weighted by Gasteiger charge is -2.07. The van der Waals surface area contributed by atoms with Crippen molar-refractivity contribution in [2.24, 2.45) is 0 Å². The molecule has 122 valence electrons. The minimum atomic E-state index is -0.178. The molecule has 2 aromatic rings. The third kappa shape index (κ3) is 4.59. The summed E-state index contributed by atoms with van der Waals surface area (Å²) in [6.07, 6.45) is 0.634. The third-order valence-corrected chi connectivity index (χ3v) is 4.12. The molecule has 1 aromatic heterocycles. The maximum Gasteiger partial charge on any atom is 0.254 e. The fourth-order valence-electron chi connectivity index (χ4n) is 2.10. The van der Waals surface area contributed by atoms with E-state index in [4.69, 9.17) is 4.74 Å². The number of anilines is 1. The SMILES string of the molecule is CCc1c(C)nc(SCC(=O)Nc2cccc(OC)c2)[nH]c1=O. The molecule has 0 bridgehead atoms. The number of benzene rings is 1. The van der Waals surface area contributed by atoms with Crippen LogP contribution in [0.5, 0.6) is 5.75 Å². The number of amides is 1. The molecule has 0 aliphatic carbocycles. The largest absolute Gasteiger partial charge is 0.497 e. The van der Waals surface area contributed by atoms with Gasteiger partial charge in [0.2, 0.25) is 5.91 Å². The molecule has 0 atom stereocenters. The maximum absolute atomic E-state index is 12.0. The first-order valence-corrected chi connectivity index (χ1v) is 8.18. The van der Waals surface area contributed by atoms with Crippen LogP contribution in [0.1, 0.15) is 18.2 Å². The summed E-state index contributed by atoms with van der Waals surface area (Å²) in [4.78, 5) is 30.9.